The summed E-state index contributed by atoms with van der Waals surface area (Å²) in [7, 11) is 0. The second-order valence-corrected chi connectivity index (χ2v) is 4.30. The van der Waals surface area contributed by atoms with Crippen molar-refractivity contribution in [2.75, 3.05) is 18.5 Å². The van der Waals surface area contributed by atoms with E-state index in [9.17, 15) is 4.79 Å². The molecule has 0 saturated carbocycles. The molecule has 0 bridgehead atoms. The largest absolute Gasteiger partial charge is 0.478 e. The van der Waals surface area contributed by atoms with E-state index in [1.54, 1.807) is 0 Å². The van der Waals surface area contributed by atoms with Crippen molar-refractivity contribution in [1.29, 1.82) is 0 Å². The standard InChI is InChI=1S/C12H17N3O3/c16-12(17)10-5-7-14-15-11(10)13-6-4-9-3-1-2-8-18-9/h5,7,9H,1-4,6,8H2,(H,13,15)(H,16,17). The lowest BCUT2D eigenvalue weighted by atomic mass is 10.1. The summed E-state index contributed by atoms with van der Waals surface area (Å²) in [5, 5.41) is 19.5. The normalized spacial score (nSPS) is 19.4. The maximum atomic E-state index is 11.0. The maximum absolute atomic E-state index is 11.0. The number of hydrogen-bond acceptors (Lipinski definition) is 5. The van der Waals surface area contributed by atoms with Gasteiger partial charge in [-0.1, -0.05) is 0 Å². The van der Waals surface area contributed by atoms with Gasteiger partial charge in [0.25, 0.3) is 0 Å². The number of carboxylic acid groups (broad SMARTS) is 1. The highest BCUT2D eigenvalue weighted by Gasteiger charge is 2.15. The Kier molecular flexibility index (Phi) is 4.46. The van der Waals surface area contributed by atoms with Crippen molar-refractivity contribution in [2.24, 2.45) is 0 Å². The Morgan fingerprint density at radius 3 is 3.17 bits per heavy atom. The van der Waals surface area contributed by atoms with E-state index in [4.69, 9.17) is 9.84 Å². The van der Waals surface area contributed by atoms with Crippen molar-refractivity contribution in [1.82, 2.24) is 10.2 Å². The summed E-state index contributed by atoms with van der Waals surface area (Å²) in [5.41, 5.74) is 0.148. The number of anilines is 1. The number of nitrogens with zero attached hydrogens (tertiary/aromatic N) is 2. The molecule has 2 heterocycles. The zero-order valence-electron chi connectivity index (χ0n) is 10.1. The lowest BCUT2D eigenvalue weighted by Gasteiger charge is -2.22. The van der Waals surface area contributed by atoms with Crippen LogP contribution in [0.2, 0.25) is 0 Å². The predicted molar refractivity (Wildman–Crippen MR) is 65.7 cm³/mol. The fourth-order valence-corrected chi connectivity index (χ4v) is 2.02. The summed E-state index contributed by atoms with van der Waals surface area (Å²) >= 11 is 0. The topological polar surface area (TPSA) is 84.3 Å². The number of carboxylic acids is 1. The van der Waals surface area contributed by atoms with Crippen LogP contribution >= 0.6 is 0 Å². The van der Waals surface area contributed by atoms with Crippen LogP contribution in [0.5, 0.6) is 0 Å². The van der Waals surface area contributed by atoms with E-state index >= 15 is 0 Å². The molecule has 6 nitrogen and oxygen atoms in total. The molecular formula is C12H17N3O3. The first-order valence-electron chi connectivity index (χ1n) is 6.18. The molecule has 2 N–H and O–H groups in total. The number of aromatic nitrogens is 2. The third-order valence-corrected chi connectivity index (χ3v) is 2.98. The summed E-state index contributed by atoms with van der Waals surface area (Å²) < 4.78 is 5.60. The monoisotopic (exact) mass is 251 g/mol. The lowest BCUT2D eigenvalue weighted by molar-refractivity contribution is 0.0134. The summed E-state index contributed by atoms with van der Waals surface area (Å²) in [4.78, 5) is 11.0. The zero-order chi connectivity index (χ0) is 12.8. The Balaban J connectivity index is 1.84. The van der Waals surface area contributed by atoms with Gasteiger partial charge in [-0.05, 0) is 31.7 Å². The first-order chi connectivity index (χ1) is 8.77. The zero-order valence-corrected chi connectivity index (χ0v) is 10.1. The fourth-order valence-electron chi connectivity index (χ4n) is 2.02. The van der Waals surface area contributed by atoms with Crippen LogP contribution in [0.4, 0.5) is 5.82 Å². The highest BCUT2D eigenvalue weighted by atomic mass is 16.5. The molecule has 6 heteroatoms. The molecular weight excluding hydrogens is 234 g/mol. The van der Waals surface area contributed by atoms with E-state index < -0.39 is 5.97 Å². The SMILES string of the molecule is O=C(O)c1ccnnc1NCCC1CCCCO1. The molecule has 1 unspecified atom stereocenters. The van der Waals surface area contributed by atoms with Gasteiger partial charge in [-0.15, -0.1) is 5.10 Å². The van der Waals surface area contributed by atoms with Crippen molar-refractivity contribution in [3.8, 4) is 0 Å². The molecule has 1 fully saturated rings. The minimum absolute atomic E-state index is 0.148. The third kappa shape index (κ3) is 3.40. The molecule has 18 heavy (non-hydrogen) atoms. The smallest absolute Gasteiger partial charge is 0.339 e. The molecule has 0 amide bonds. The van der Waals surface area contributed by atoms with Crippen LogP contribution < -0.4 is 5.32 Å². The molecule has 1 aliphatic rings. The summed E-state index contributed by atoms with van der Waals surface area (Å²) in [6, 6.07) is 1.44. The number of hydrogen-bond donors (Lipinski definition) is 2. The molecule has 1 aromatic rings. The minimum Gasteiger partial charge on any atom is -0.478 e. The molecule has 0 spiro atoms. The number of nitrogens with one attached hydrogen (secondary N) is 1. The first kappa shape index (κ1) is 12.8. The van der Waals surface area contributed by atoms with Crippen LogP contribution in [0.3, 0.4) is 0 Å². The van der Waals surface area contributed by atoms with Gasteiger partial charge in [-0.2, -0.15) is 5.10 Å². The summed E-state index contributed by atoms with van der Waals surface area (Å²) in [5.74, 6) is -0.679. The van der Waals surface area contributed by atoms with Crippen LogP contribution in [-0.2, 0) is 4.74 Å². The van der Waals surface area contributed by atoms with Gasteiger partial charge in [0.2, 0.25) is 0 Å². The van der Waals surface area contributed by atoms with Gasteiger partial charge in [-0.3, -0.25) is 0 Å². The highest BCUT2D eigenvalue weighted by Crippen LogP contribution is 2.16. The highest BCUT2D eigenvalue weighted by molar-refractivity contribution is 5.92. The number of ether oxygens (including phenoxy) is 1. The van der Waals surface area contributed by atoms with Crippen molar-refractivity contribution >= 4 is 11.8 Å². The third-order valence-electron chi connectivity index (χ3n) is 2.98. The van der Waals surface area contributed by atoms with Gasteiger partial charge in [0, 0.05) is 13.2 Å². The summed E-state index contributed by atoms with van der Waals surface area (Å²) in [6.07, 6.45) is 5.92. The molecule has 2 rings (SSSR count). The minimum atomic E-state index is -0.999. The molecule has 1 atom stereocenters. The quantitative estimate of drug-likeness (QED) is 0.825. The average Bonchev–Trinajstić information content (AvgIpc) is 2.40. The molecule has 1 saturated heterocycles. The van der Waals surface area contributed by atoms with Crippen molar-refractivity contribution in [2.45, 2.75) is 31.8 Å². The Bertz CT molecular complexity index is 405. The van der Waals surface area contributed by atoms with Gasteiger partial charge >= 0.3 is 5.97 Å². The second kappa shape index (κ2) is 6.30. The molecule has 1 aliphatic heterocycles. The molecule has 0 aromatic carbocycles. The van der Waals surface area contributed by atoms with Crippen molar-refractivity contribution in [3.05, 3.63) is 17.8 Å². The molecule has 98 valence electrons. The molecule has 0 aliphatic carbocycles. The van der Waals surface area contributed by atoms with Crippen molar-refractivity contribution in [3.63, 3.8) is 0 Å². The van der Waals surface area contributed by atoms with E-state index in [1.807, 2.05) is 0 Å². The average molecular weight is 251 g/mol. The van der Waals surface area contributed by atoms with E-state index in [1.165, 1.54) is 18.7 Å². The molecule has 0 radical (unpaired) electrons. The summed E-state index contributed by atoms with van der Waals surface area (Å²) in [6.45, 7) is 1.47. The van der Waals surface area contributed by atoms with Gasteiger partial charge in [0.15, 0.2) is 5.82 Å². The van der Waals surface area contributed by atoms with Gasteiger partial charge < -0.3 is 15.2 Å². The van der Waals surface area contributed by atoms with E-state index in [0.717, 1.165) is 25.9 Å². The van der Waals surface area contributed by atoms with Crippen LogP contribution in [0.15, 0.2) is 12.3 Å². The predicted octanol–water partition coefficient (Wildman–Crippen LogP) is 1.55. The molecule has 1 aromatic heterocycles. The van der Waals surface area contributed by atoms with E-state index in [2.05, 4.69) is 15.5 Å². The Morgan fingerprint density at radius 2 is 2.44 bits per heavy atom. The van der Waals surface area contributed by atoms with Crippen LogP contribution in [0.25, 0.3) is 0 Å². The Morgan fingerprint density at radius 1 is 1.56 bits per heavy atom. The van der Waals surface area contributed by atoms with Crippen LogP contribution in [0.1, 0.15) is 36.0 Å². The first-order valence-corrected chi connectivity index (χ1v) is 6.18. The maximum Gasteiger partial charge on any atom is 0.339 e. The fraction of sp³-hybridized carbons (Fsp3) is 0.583. The lowest BCUT2D eigenvalue weighted by Crippen LogP contribution is -2.22. The van der Waals surface area contributed by atoms with Gasteiger partial charge in [0.05, 0.1) is 12.3 Å². The number of rotatable bonds is 5. The Labute approximate surface area is 105 Å². The Hall–Kier alpha value is -1.69. The number of aromatic carboxylic acids is 1. The number of carbonyl (C=O) groups is 1. The van der Waals surface area contributed by atoms with Gasteiger partial charge in [-0.25, -0.2) is 4.79 Å². The van der Waals surface area contributed by atoms with Crippen LogP contribution in [0, 0.1) is 0 Å². The van der Waals surface area contributed by atoms with E-state index in [0.29, 0.717) is 12.4 Å². The van der Waals surface area contributed by atoms with Crippen LogP contribution in [-0.4, -0.2) is 40.5 Å². The van der Waals surface area contributed by atoms with Crippen molar-refractivity contribution < 1.29 is 14.6 Å². The van der Waals surface area contributed by atoms with E-state index in [-0.39, 0.29) is 11.7 Å². The second-order valence-electron chi connectivity index (χ2n) is 4.30. The van der Waals surface area contributed by atoms with Gasteiger partial charge in [0.1, 0.15) is 5.56 Å².